The van der Waals surface area contributed by atoms with Crippen molar-refractivity contribution in [2.45, 2.75) is 13.8 Å². The molecule has 0 aromatic heterocycles. The van der Waals surface area contributed by atoms with E-state index in [1.54, 1.807) is 54.6 Å². The van der Waals surface area contributed by atoms with Crippen LogP contribution < -0.4 is 5.32 Å². The van der Waals surface area contributed by atoms with Crippen LogP contribution >= 0.6 is 0 Å². The molecule has 0 unspecified atom stereocenters. The molecule has 0 heterocycles. The van der Waals surface area contributed by atoms with Crippen molar-refractivity contribution in [1.82, 2.24) is 0 Å². The molecule has 0 saturated carbocycles. The van der Waals surface area contributed by atoms with Crippen molar-refractivity contribution >= 4 is 23.3 Å². The maximum atomic E-state index is 12.7. The Kier molecular flexibility index (Phi) is 6.19. The number of hydrogen-bond acceptors (Lipinski definition) is 4. The van der Waals surface area contributed by atoms with Crippen LogP contribution in [0, 0.1) is 13.8 Å². The summed E-state index contributed by atoms with van der Waals surface area (Å²) in [5.74, 6) is -1.28. The average molecular weight is 387 g/mol. The predicted molar refractivity (Wildman–Crippen MR) is 111 cm³/mol. The molecule has 1 N–H and O–H groups in total. The molecule has 0 spiro atoms. The van der Waals surface area contributed by atoms with Crippen LogP contribution in [0.3, 0.4) is 0 Å². The van der Waals surface area contributed by atoms with Crippen molar-refractivity contribution in [3.63, 3.8) is 0 Å². The lowest BCUT2D eigenvalue weighted by Crippen LogP contribution is -2.22. The Labute approximate surface area is 169 Å². The van der Waals surface area contributed by atoms with Crippen LogP contribution in [0.1, 0.15) is 37.4 Å². The number of carbonyl (C=O) groups excluding carboxylic acids is 3. The van der Waals surface area contributed by atoms with Crippen molar-refractivity contribution < 1.29 is 19.1 Å². The number of amides is 1. The second-order valence-corrected chi connectivity index (χ2v) is 6.68. The van der Waals surface area contributed by atoms with Gasteiger partial charge in [0.15, 0.2) is 12.4 Å². The molecule has 5 nitrogen and oxygen atoms in total. The van der Waals surface area contributed by atoms with Crippen LogP contribution in [0.4, 0.5) is 5.69 Å². The third-order valence-corrected chi connectivity index (χ3v) is 4.42. The van der Waals surface area contributed by atoms with Crippen LogP contribution in [-0.2, 0) is 9.53 Å². The van der Waals surface area contributed by atoms with Gasteiger partial charge in [-0.15, -0.1) is 0 Å². The van der Waals surface area contributed by atoms with Gasteiger partial charge in [0.1, 0.15) is 0 Å². The lowest BCUT2D eigenvalue weighted by atomic mass is 10.0. The van der Waals surface area contributed by atoms with E-state index in [4.69, 9.17) is 4.74 Å². The molecule has 0 aliphatic heterocycles. The normalized spacial score (nSPS) is 10.3. The number of carbonyl (C=O) groups is 3. The minimum absolute atomic E-state index is 0.200. The van der Waals surface area contributed by atoms with Gasteiger partial charge in [0.25, 0.3) is 5.91 Å². The SMILES string of the molecule is Cc1ccc(C(=O)OCC(=O)Nc2ccccc2C(=O)c2ccccc2)c(C)c1. The summed E-state index contributed by atoms with van der Waals surface area (Å²) in [7, 11) is 0. The number of esters is 1. The molecule has 3 aromatic carbocycles. The Morgan fingerprint density at radius 1 is 0.828 bits per heavy atom. The number of anilines is 1. The summed E-state index contributed by atoms with van der Waals surface area (Å²) in [6.07, 6.45) is 0. The van der Waals surface area contributed by atoms with Gasteiger partial charge in [0.05, 0.1) is 11.3 Å². The van der Waals surface area contributed by atoms with Crippen molar-refractivity contribution in [2.75, 3.05) is 11.9 Å². The highest BCUT2D eigenvalue weighted by Gasteiger charge is 2.16. The molecule has 0 bridgehead atoms. The molecule has 0 radical (unpaired) electrons. The Morgan fingerprint density at radius 3 is 2.24 bits per heavy atom. The smallest absolute Gasteiger partial charge is 0.338 e. The first-order valence-corrected chi connectivity index (χ1v) is 9.18. The van der Waals surface area contributed by atoms with E-state index >= 15 is 0 Å². The number of para-hydroxylation sites is 1. The molecule has 0 saturated heterocycles. The molecular formula is C24H21NO4. The number of benzene rings is 3. The quantitative estimate of drug-likeness (QED) is 0.505. The topological polar surface area (TPSA) is 72.5 Å². The largest absolute Gasteiger partial charge is 0.452 e. The zero-order chi connectivity index (χ0) is 20.8. The number of nitrogens with one attached hydrogen (secondary N) is 1. The molecule has 146 valence electrons. The summed E-state index contributed by atoms with van der Waals surface area (Å²) in [4.78, 5) is 37.3. The first-order chi connectivity index (χ1) is 14.0. The molecule has 0 aliphatic carbocycles. The second kappa shape index (κ2) is 8.97. The zero-order valence-electron chi connectivity index (χ0n) is 16.3. The maximum Gasteiger partial charge on any atom is 0.338 e. The highest BCUT2D eigenvalue weighted by atomic mass is 16.5. The van der Waals surface area contributed by atoms with Gasteiger partial charge in [0, 0.05) is 11.1 Å². The molecule has 0 aliphatic rings. The fraction of sp³-hybridized carbons (Fsp3) is 0.125. The summed E-state index contributed by atoms with van der Waals surface area (Å²) in [5.41, 5.74) is 3.51. The number of rotatable bonds is 6. The van der Waals surface area contributed by atoms with Gasteiger partial charge in [-0.2, -0.15) is 0 Å². The Morgan fingerprint density at radius 2 is 1.52 bits per heavy atom. The van der Waals surface area contributed by atoms with Gasteiger partial charge in [-0.25, -0.2) is 4.79 Å². The van der Waals surface area contributed by atoms with Gasteiger partial charge in [-0.05, 0) is 37.6 Å². The van der Waals surface area contributed by atoms with Crippen molar-refractivity contribution in [3.05, 3.63) is 101 Å². The first-order valence-electron chi connectivity index (χ1n) is 9.18. The molecule has 0 atom stereocenters. The van der Waals surface area contributed by atoms with E-state index in [-0.39, 0.29) is 5.78 Å². The van der Waals surface area contributed by atoms with Crippen LogP contribution in [-0.4, -0.2) is 24.3 Å². The molecular weight excluding hydrogens is 366 g/mol. The third kappa shape index (κ3) is 4.96. The molecule has 1 amide bonds. The van der Waals surface area contributed by atoms with Gasteiger partial charge < -0.3 is 10.1 Å². The zero-order valence-corrected chi connectivity index (χ0v) is 16.3. The molecule has 29 heavy (non-hydrogen) atoms. The third-order valence-electron chi connectivity index (χ3n) is 4.42. The van der Waals surface area contributed by atoms with E-state index in [2.05, 4.69) is 5.32 Å². The Balaban J connectivity index is 1.67. The summed E-state index contributed by atoms with van der Waals surface area (Å²) >= 11 is 0. The number of aryl methyl sites for hydroxylation is 2. The molecule has 3 aromatic rings. The Hall–Kier alpha value is -3.73. The number of hydrogen-bond donors (Lipinski definition) is 1. The van der Waals surface area contributed by atoms with Crippen LogP contribution in [0.15, 0.2) is 72.8 Å². The maximum absolute atomic E-state index is 12.7. The molecule has 0 fully saturated rings. The first kappa shape index (κ1) is 20.0. The van der Waals surface area contributed by atoms with Gasteiger partial charge in [-0.3, -0.25) is 9.59 Å². The lowest BCUT2D eigenvalue weighted by molar-refractivity contribution is -0.119. The van der Waals surface area contributed by atoms with E-state index in [0.29, 0.717) is 22.4 Å². The van der Waals surface area contributed by atoms with Crippen molar-refractivity contribution in [3.8, 4) is 0 Å². The summed E-state index contributed by atoms with van der Waals surface area (Å²) in [6, 6.07) is 20.9. The molecule has 5 heteroatoms. The fourth-order valence-electron chi connectivity index (χ4n) is 2.97. The highest BCUT2D eigenvalue weighted by Crippen LogP contribution is 2.19. The summed E-state index contributed by atoms with van der Waals surface area (Å²) in [6.45, 7) is 3.30. The highest BCUT2D eigenvalue weighted by molar-refractivity contribution is 6.14. The monoisotopic (exact) mass is 387 g/mol. The van der Waals surface area contributed by atoms with E-state index in [1.165, 1.54) is 0 Å². The minimum Gasteiger partial charge on any atom is -0.452 e. The molecule has 3 rings (SSSR count). The summed E-state index contributed by atoms with van der Waals surface area (Å²) in [5, 5.41) is 2.65. The van der Waals surface area contributed by atoms with Crippen LogP contribution in [0.25, 0.3) is 0 Å². The number of ketones is 1. The van der Waals surface area contributed by atoms with E-state index in [1.807, 2.05) is 32.0 Å². The standard InChI is InChI=1S/C24H21NO4/c1-16-12-13-19(17(2)14-16)24(28)29-15-22(26)25-21-11-7-6-10-20(21)23(27)18-8-4-3-5-9-18/h3-14H,15H2,1-2H3,(H,25,26). The lowest BCUT2D eigenvalue weighted by Gasteiger charge is -2.11. The van der Waals surface area contributed by atoms with E-state index in [9.17, 15) is 14.4 Å². The fourth-order valence-corrected chi connectivity index (χ4v) is 2.97. The van der Waals surface area contributed by atoms with Crippen LogP contribution in [0.2, 0.25) is 0 Å². The van der Waals surface area contributed by atoms with Crippen molar-refractivity contribution in [1.29, 1.82) is 0 Å². The predicted octanol–water partition coefficient (Wildman–Crippen LogP) is 4.33. The summed E-state index contributed by atoms with van der Waals surface area (Å²) < 4.78 is 5.13. The van der Waals surface area contributed by atoms with E-state index < -0.39 is 18.5 Å². The van der Waals surface area contributed by atoms with Gasteiger partial charge in [0.2, 0.25) is 0 Å². The second-order valence-electron chi connectivity index (χ2n) is 6.68. The van der Waals surface area contributed by atoms with Crippen molar-refractivity contribution in [2.24, 2.45) is 0 Å². The van der Waals surface area contributed by atoms with Crippen LogP contribution in [0.5, 0.6) is 0 Å². The number of ether oxygens (including phenoxy) is 1. The minimum atomic E-state index is -0.564. The van der Waals surface area contributed by atoms with Gasteiger partial charge in [-0.1, -0.05) is 60.2 Å². The Bertz CT molecular complexity index is 1060. The average Bonchev–Trinajstić information content (AvgIpc) is 2.72. The van der Waals surface area contributed by atoms with Gasteiger partial charge >= 0.3 is 5.97 Å². The van der Waals surface area contributed by atoms with E-state index in [0.717, 1.165) is 11.1 Å².